The quantitative estimate of drug-likeness (QED) is 0.829. The molecule has 0 aromatic carbocycles. The van der Waals surface area contributed by atoms with E-state index in [2.05, 4.69) is 5.32 Å². The average Bonchev–Trinajstić information content (AvgIpc) is 2.54. The molecule has 5 heteroatoms. The van der Waals surface area contributed by atoms with Crippen molar-refractivity contribution >= 4 is 11.3 Å². The number of thiophene rings is 1. The maximum Gasteiger partial charge on any atom is 0.390 e. The topological polar surface area (TPSA) is 12.0 Å². The van der Waals surface area contributed by atoms with Crippen LogP contribution in [0.25, 0.3) is 0 Å². The molecule has 0 saturated carbocycles. The molecule has 1 atom stereocenters. The van der Waals surface area contributed by atoms with Crippen molar-refractivity contribution in [2.75, 3.05) is 6.54 Å². The van der Waals surface area contributed by atoms with Crippen molar-refractivity contribution < 1.29 is 13.2 Å². The highest BCUT2D eigenvalue weighted by Gasteiger charge is 2.31. The Bertz CT molecular complexity index is 269. The molecule has 0 aliphatic rings. The van der Waals surface area contributed by atoms with Crippen LogP contribution in [0.5, 0.6) is 0 Å². The van der Waals surface area contributed by atoms with E-state index in [-0.39, 0.29) is 0 Å². The second-order valence-electron chi connectivity index (χ2n) is 3.36. The Labute approximate surface area is 91.3 Å². The van der Waals surface area contributed by atoms with Crippen LogP contribution in [0.3, 0.4) is 0 Å². The Morgan fingerprint density at radius 2 is 2.20 bits per heavy atom. The van der Waals surface area contributed by atoms with Crippen molar-refractivity contribution in [1.82, 2.24) is 5.32 Å². The van der Waals surface area contributed by atoms with Gasteiger partial charge in [-0.15, -0.1) is 11.3 Å². The molecule has 1 heterocycles. The van der Waals surface area contributed by atoms with Crippen molar-refractivity contribution in [3.05, 3.63) is 22.4 Å². The third-order valence-corrected chi connectivity index (χ3v) is 2.90. The SMILES string of the molecule is CCNC(Cc1cccs1)CC(F)(F)F. The summed E-state index contributed by atoms with van der Waals surface area (Å²) in [4.78, 5) is 0.991. The van der Waals surface area contributed by atoms with Crippen LogP contribution in [-0.2, 0) is 6.42 Å². The summed E-state index contributed by atoms with van der Waals surface area (Å²) >= 11 is 1.50. The summed E-state index contributed by atoms with van der Waals surface area (Å²) in [5.74, 6) is 0. The number of halogens is 3. The molecule has 1 aromatic rings. The lowest BCUT2D eigenvalue weighted by atomic mass is 10.1. The predicted octanol–water partition coefficient (Wildman–Crippen LogP) is 3.22. The van der Waals surface area contributed by atoms with Gasteiger partial charge in [-0.1, -0.05) is 13.0 Å². The fourth-order valence-electron chi connectivity index (χ4n) is 1.46. The Kier molecular flexibility index (Phi) is 4.60. The van der Waals surface area contributed by atoms with E-state index in [1.54, 1.807) is 0 Å². The molecule has 1 N–H and O–H groups in total. The van der Waals surface area contributed by atoms with Gasteiger partial charge in [-0.25, -0.2) is 0 Å². The number of likely N-dealkylation sites (N-methyl/N-ethyl adjacent to an activating group) is 1. The molecule has 0 bridgehead atoms. The molecule has 1 rings (SSSR count). The fourth-order valence-corrected chi connectivity index (χ4v) is 2.24. The first kappa shape index (κ1) is 12.5. The molecule has 15 heavy (non-hydrogen) atoms. The lowest BCUT2D eigenvalue weighted by Gasteiger charge is -2.18. The molecule has 0 radical (unpaired) electrons. The van der Waals surface area contributed by atoms with Crippen molar-refractivity contribution in [3.63, 3.8) is 0 Å². The molecule has 0 fully saturated rings. The fraction of sp³-hybridized carbons (Fsp3) is 0.600. The van der Waals surface area contributed by atoms with Crippen LogP contribution in [0, 0.1) is 0 Å². The van der Waals surface area contributed by atoms with Gasteiger partial charge in [0.05, 0.1) is 6.42 Å². The van der Waals surface area contributed by atoms with Gasteiger partial charge in [0.2, 0.25) is 0 Å². The number of hydrogen-bond donors (Lipinski definition) is 1. The van der Waals surface area contributed by atoms with Gasteiger partial charge in [0.25, 0.3) is 0 Å². The van der Waals surface area contributed by atoms with E-state index in [1.807, 2.05) is 24.4 Å². The van der Waals surface area contributed by atoms with E-state index < -0.39 is 18.6 Å². The van der Waals surface area contributed by atoms with Gasteiger partial charge in [-0.2, -0.15) is 13.2 Å². The molecular weight excluding hydrogens is 223 g/mol. The van der Waals surface area contributed by atoms with Crippen LogP contribution in [0.4, 0.5) is 13.2 Å². The molecule has 86 valence electrons. The van der Waals surface area contributed by atoms with Gasteiger partial charge in [0.1, 0.15) is 0 Å². The summed E-state index contributed by atoms with van der Waals surface area (Å²) in [5, 5.41) is 4.74. The van der Waals surface area contributed by atoms with Gasteiger partial charge in [-0.3, -0.25) is 0 Å². The van der Waals surface area contributed by atoms with Crippen molar-refractivity contribution in [2.45, 2.75) is 32.0 Å². The first-order valence-corrected chi connectivity index (χ1v) is 5.71. The second kappa shape index (κ2) is 5.51. The van der Waals surface area contributed by atoms with Crippen LogP contribution < -0.4 is 5.32 Å². The van der Waals surface area contributed by atoms with Crippen LogP contribution in [0.1, 0.15) is 18.2 Å². The minimum Gasteiger partial charge on any atom is -0.314 e. The van der Waals surface area contributed by atoms with Crippen LogP contribution in [0.2, 0.25) is 0 Å². The van der Waals surface area contributed by atoms with Crippen molar-refractivity contribution in [1.29, 1.82) is 0 Å². The molecule has 0 saturated heterocycles. The minimum absolute atomic E-state index is 0.449. The average molecular weight is 237 g/mol. The molecule has 1 aromatic heterocycles. The Hall–Kier alpha value is -0.550. The molecule has 0 aliphatic heterocycles. The largest absolute Gasteiger partial charge is 0.390 e. The molecule has 0 spiro atoms. The molecule has 0 aliphatic carbocycles. The third kappa shape index (κ3) is 5.18. The number of alkyl halides is 3. The standard InChI is InChI=1S/C10H14F3NS/c1-2-14-8(7-10(11,12)13)6-9-4-3-5-15-9/h3-5,8,14H,2,6-7H2,1H3. The van der Waals surface area contributed by atoms with Gasteiger partial charge < -0.3 is 5.32 Å². The highest BCUT2D eigenvalue weighted by atomic mass is 32.1. The maximum absolute atomic E-state index is 12.2. The van der Waals surface area contributed by atoms with Crippen molar-refractivity contribution in [3.8, 4) is 0 Å². The highest BCUT2D eigenvalue weighted by Crippen LogP contribution is 2.24. The molecule has 1 nitrogen and oxygen atoms in total. The summed E-state index contributed by atoms with van der Waals surface area (Å²) in [6.45, 7) is 2.38. The van der Waals surface area contributed by atoms with Crippen LogP contribution in [-0.4, -0.2) is 18.8 Å². The summed E-state index contributed by atoms with van der Waals surface area (Å²) in [6.07, 6.45) is -4.41. The third-order valence-electron chi connectivity index (χ3n) is 2.00. The Balaban J connectivity index is 2.51. The number of rotatable bonds is 5. The molecule has 0 amide bonds. The predicted molar refractivity (Wildman–Crippen MR) is 56.2 cm³/mol. The second-order valence-corrected chi connectivity index (χ2v) is 4.39. The summed E-state index contributed by atoms with van der Waals surface area (Å²) in [7, 11) is 0. The van der Waals surface area contributed by atoms with Crippen LogP contribution in [0.15, 0.2) is 17.5 Å². The smallest absolute Gasteiger partial charge is 0.314 e. The molecule has 1 unspecified atom stereocenters. The summed E-state index contributed by atoms with van der Waals surface area (Å²) < 4.78 is 36.7. The van der Waals surface area contributed by atoms with E-state index in [4.69, 9.17) is 0 Å². The normalized spacial score (nSPS) is 14.1. The van der Waals surface area contributed by atoms with E-state index in [0.717, 1.165) is 4.88 Å². The molecular formula is C10H14F3NS. The Morgan fingerprint density at radius 3 is 2.67 bits per heavy atom. The Morgan fingerprint density at radius 1 is 1.47 bits per heavy atom. The van der Waals surface area contributed by atoms with Gasteiger partial charge >= 0.3 is 6.18 Å². The van der Waals surface area contributed by atoms with Crippen LogP contribution >= 0.6 is 11.3 Å². The maximum atomic E-state index is 12.2. The van der Waals surface area contributed by atoms with Gasteiger partial charge in [0, 0.05) is 10.9 Å². The van der Waals surface area contributed by atoms with Gasteiger partial charge in [0.15, 0.2) is 0 Å². The summed E-state index contributed by atoms with van der Waals surface area (Å²) in [6, 6.07) is 3.22. The minimum atomic E-state index is -4.09. The lowest BCUT2D eigenvalue weighted by Crippen LogP contribution is -2.35. The van der Waals surface area contributed by atoms with E-state index >= 15 is 0 Å². The van der Waals surface area contributed by atoms with E-state index in [0.29, 0.717) is 13.0 Å². The highest BCUT2D eigenvalue weighted by molar-refractivity contribution is 7.09. The lowest BCUT2D eigenvalue weighted by molar-refractivity contribution is -0.139. The van der Waals surface area contributed by atoms with E-state index in [1.165, 1.54) is 11.3 Å². The number of nitrogens with one attached hydrogen (secondary N) is 1. The monoisotopic (exact) mass is 237 g/mol. The van der Waals surface area contributed by atoms with Gasteiger partial charge in [-0.05, 0) is 24.4 Å². The summed E-state index contributed by atoms with van der Waals surface area (Å²) in [5.41, 5.74) is 0. The first-order valence-electron chi connectivity index (χ1n) is 4.84. The zero-order valence-corrected chi connectivity index (χ0v) is 9.29. The van der Waals surface area contributed by atoms with E-state index in [9.17, 15) is 13.2 Å². The number of hydrogen-bond acceptors (Lipinski definition) is 2. The zero-order valence-electron chi connectivity index (χ0n) is 8.47. The first-order chi connectivity index (χ1) is 7.01. The zero-order chi connectivity index (χ0) is 11.3. The van der Waals surface area contributed by atoms with Crippen molar-refractivity contribution in [2.24, 2.45) is 0 Å².